The maximum absolute atomic E-state index is 5.97. The van der Waals surface area contributed by atoms with Gasteiger partial charge in [-0.05, 0) is 45.8 Å². The molecule has 0 aliphatic rings. The summed E-state index contributed by atoms with van der Waals surface area (Å²) in [5.74, 6) is 0. The zero-order valence-corrected chi connectivity index (χ0v) is 18.0. The molecule has 0 bridgehead atoms. The van der Waals surface area contributed by atoms with E-state index < -0.39 is 25.0 Å². The Morgan fingerprint density at radius 2 is 1.22 bits per heavy atom. The number of rotatable bonds is 6. The molecule has 0 aliphatic carbocycles. The number of hydrogen-bond acceptors (Lipinski definition) is 2. The van der Waals surface area contributed by atoms with Gasteiger partial charge in [-0.2, -0.15) is 0 Å². The fourth-order valence-electron chi connectivity index (χ4n) is 1.26. The predicted molar refractivity (Wildman–Crippen MR) is 95.3 cm³/mol. The Kier molecular flexibility index (Phi) is 9.65. The van der Waals surface area contributed by atoms with Gasteiger partial charge in [0.1, 0.15) is 9.76 Å². The first-order chi connectivity index (χ1) is 7.89. The van der Waals surface area contributed by atoms with Crippen LogP contribution in [0.3, 0.4) is 0 Å². The summed E-state index contributed by atoms with van der Waals surface area (Å²) in [7, 11) is -4.38. The van der Waals surface area contributed by atoms with Crippen LogP contribution in [0, 0.1) is 0 Å². The first-order valence-electron chi connectivity index (χ1n) is 6.50. The highest BCUT2D eigenvalue weighted by Crippen LogP contribution is 2.15. The Labute approximate surface area is 120 Å². The minimum atomic E-state index is -1.74. The van der Waals surface area contributed by atoms with Crippen LogP contribution in [-0.2, 0) is 8.23 Å². The summed E-state index contributed by atoms with van der Waals surface area (Å²) in [6, 6.07) is 0. The van der Waals surface area contributed by atoms with Crippen LogP contribution in [0.1, 0.15) is 0 Å². The van der Waals surface area contributed by atoms with Gasteiger partial charge in [0.15, 0.2) is 16.6 Å². The molecule has 0 saturated heterocycles. The van der Waals surface area contributed by atoms with Gasteiger partial charge in [-0.25, -0.2) is 0 Å². The highest BCUT2D eigenvalue weighted by atomic mass is 28.4. The zero-order valence-electron chi connectivity index (χ0n) is 13.6. The van der Waals surface area contributed by atoms with Gasteiger partial charge in [0.2, 0.25) is 8.32 Å². The summed E-state index contributed by atoms with van der Waals surface area (Å²) in [5.41, 5.74) is 3.86. The molecule has 0 spiro atoms. The predicted octanol–water partition coefficient (Wildman–Crippen LogP) is 3.83. The average Bonchev–Trinajstić information content (AvgIpc) is 2.14. The van der Waals surface area contributed by atoms with E-state index in [1.165, 1.54) is 0 Å². The van der Waals surface area contributed by atoms with Crippen molar-refractivity contribution in [3.63, 3.8) is 0 Å². The van der Waals surface area contributed by atoms with Crippen molar-refractivity contribution in [2.45, 2.75) is 52.4 Å². The summed E-state index contributed by atoms with van der Waals surface area (Å²) in [5, 5.41) is 0. The third-order valence-electron chi connectivity index (χ3n) is 1.91. The van der Waals surface area contributed by atoms with E-state index in [2.05, 4.69) is 65.5 Å². The third-order valence-corrected chi connectivity index (χ3v) is 12.4. The largest absolute Gasteiger partial charge is 0.461 e. The van der Waals surface area contributed by atoms with Crippen LogP contribution in [0.4, 0.5) is 0 Å². The van der Waals surface area contributed by atoms with Gasteiger partial charge >= 0.3 is 0 Å². The van der Waals surface area contributed by atoms with E-state index in [1.807, 2.05) is 11.4 Å². The summed E-state index contributed by atoms with van der Waals surface area (Å²) in [6.07, 6.45) is 0. The molecule has 0 atom stereocenters. The molecular weight excluding hydrogens is 288 g/mol. The minimum Gasteiger partial charge on any atom is -0.461 e. The van der Waals surface area contributed by atoms with Gasteiger partial charge in [0.25, 0.3) is 0 Å². The maximum Gasteiger partial charge on any atom is 0.226 e. The van der Waals surface area contributed by atoms with Crippen LogP contribution in [-0.4, -0.2) is 34.7 Å². The Morgan fingerprint density at radius 3 is 1.28 bits per heavy atom. The molecule has 0 aromatic carbocycles. The Hall–Kier alpha value is 0.268. The van der Waals surface area contributed by atoms with Crippen molar-refractivity contribution in [3.05, 3.63) is 24.6 Å². The Bertz CT molecular complexity index is 246. The van der Waals surface area contributed by atoms with Crippen LogP contribution in [0.5, 0.6) is 0 Å². The van der Waals surface area contributed by atoms with Gasteiger partial charge in [-0.1, -0.05) is 17.9 Å². The molecule has 0 aliphatic heterocycles. The molecule has 0 unspecified atom stereocenters. The van der Waals surface area contributed by atoms with E-state index in [0.29, 0.717) is 0 Å². The van der Waals surface area contributed by atoms with Crippen molar-refractivity contribution in [3.8, 4) is 0 Å². The van der Waals surface area contributed by atoms with Crippen LogP contribution < -0.4 is 0 Å². The molecule has 0 amide bonds. The molecule has 6 heteroatoms. The van der Waals surface area contributed by atoms with Crippen molar-refractivity contribution >= 4 is 34.7 Å². The lowest BCUT2D eigenvalue weighted by molar-refractivity contribution is 0.571. The second kappa shape index (κ2) is 8.44. The van der Waals surface area contributed by atoms with Crippen molar-refractivity contribution in [1.29, 1.82) is 0 Å². The lowest BCUT2D eigenvalue weighted by atomic mass is 11.2. The molecule has 2 nitrogen and oxygen atoms in total. The molecule has 108 valence electrons. The topological polar surface area (TPSA) is 18.5 Å². The van der Waals surface area contributed by atoms with Gasteiger partial charge in [0.05, 0.1) is 0 Å². The SMILES string of the molecule is C=C[Si](C)(C=C)O[Si](C)(C)C.C[SiH2]O[Si](C)(C)C. The molecule has 0 saturated carbocycles. The molecular formula is C12H32O2Si4. The molecule has 0 rings (SSSR count). The smallest absolute Gasteiger partial charge is 0.226 e. The van der Waals surface area contributed by atoms with Crippen molar-refractivity contribution in [1.82, 2.24) is 0 Å². The van der Waals surface area contributed by atoms with E-state index in [0.717, 1.165) is 0 Å². The molecule has 0 radical (unpaired) electrons. The van der Waals surface area contributed by atoms with Crippen molar-refractivity contribution < 1.29 is 8.23 Å². The zero-order chi connectivity index (χ0) is 15.0. The maximum atomic E-state index is 5.97. The summed E-state index contributed by atoms with van der Waals surface area (Å²) in [4.78, 5) is 0. The molecule has 0 N–H and O–H groups in total. The van der Waals surface area contributed by atoms with E-state index in [4.69, 9.17) is 8.23 Å². The third kappa shape index (κ3) is 14.3. The van der Waals surface area contributed by atoms with E-state index in [-0.39, 0.29) is 9.76 Å². The van der Waals surface area contributed by atoms with Crippen LogP contribution in [0.2, 0.25) is 52.4 Å². The fourth-order valence-corrected chi connectivity index (χ4v) is 10.8. The number of hydrogen-bond donors (Lipinski definition) is 0. The molecule has 0 heterocycles. The van der Waals surface area contributed by atoms with Gasteiger partial charge < -0.3 is 8.23 Å². The molecule has 0 aromatic rings. The van der Waals surface area contributed by atoms with Gasteiger partial charge in [-0.3, -0.25) is 0 Å². The second-order valence-corrected chi connectivity index (χ2v) is 20.5. The molecule has 0 aromatic heterocycles. The minimum absolute atomic E-state index is 0.128. The van der Waals surface area contributed by atoms with Gasteiger partial charge in [-0.15, -0.1) is 13.2 Å². The Morgan fingerprint density at radius 1 is 0.833 bits per heavy atom. The van der Waals surface area contributed by atoms with Crippen LogP contribution in [0.25, 0.3) is 0 Å². The summed E-state index contributed by atoms with van der Waals surface area (Å²) < 4.78 is 11.5. The van der Waals surface area contributed by atoms with E-state index >= 15 is 0 Å². The van der Waals surface area contributed by atoms with Crippen LogP contribution >= 0.6 is 0 Å². The van der Waals surface area contributed by atoms with Crippen LogP contribution in [0.15, 0.2) is 24.6 Å². The summed E-state index contributed by atoms with van der Waals surface area (Å²) in [6.45, 7) is 25.1. The monoisotopic (exact) mass is 320 g/mol. The fraction of sp³-hybridized carbons (Fsp3) is 0.667. The highest BCUT2D eigenvalue weighted by molar-refractivity contribution is 6.90. The average molecular weight is 321 g/mol. The summed E-state index contributed by atoms with van der Waals surface area (Å²) >= 11 is 0. The van der Waals surface area contributed by atoms with E-state index in [1.54, 1.807) is 0 Å². The van der Waals surface area contributed by atoms with E-state index in [9.17, 15) is 0 Å². The molecule has 0 fully saturated rings. The quantitative estimate of drug-likeness (QED) is 0.692. The standard InChI is InChI=1S/C8H18OSi2.C4H14OSi2/c1-7-11(6,8-2)9-10(3,4)5;1-6-5-7(2,3)4/h7-8H,1-2H2,3-6H3;6H2,1-4H3. The first kappa shape index (κ1) is 20.6. The van der Waals surface area contributed by atoms with Crippen molar-refractivity contribution in [2.75, 3.05) is 0 Å². The first-order valence-corrected chi connectivity index (χ1v) is 17.9. The Balaban J connectivity index is 0. The second-order valence-electron chi connectivity index (χ2n) is 6.35. The highest BCUT2D eigenvalue weighted by Gasteiger charge is 2.28. The normalized spacial score (nSPS) is 13.1. The van der Waals surface area contributed by atoms with Gasteiger partial charge in [0, 0.05) is 0 Å². The lowest BCUT2D eigenvalue weighted by Gasteiger charge is -2.29. The lowest BCUT2D eigenvalue weighted by Crippen LogP contribution is -2.41. The van der Waals surface area contributed by atoms with Crippen molar-refractivity contribution in [2.24, 2.45) is 0 Å². The molecule has 18 heavy (non-hydrogen) atoms.